The highest BCUT2D eigenvalue weighted by molar-refractivity contribution is 5.41. The Kier molecular flexibility index (Phi) is 3.05. The number of rotatable bonds is 2. The van der Waals surface area contributed by atoms with Crippen molar-refractivity contribution in [1.82, 2.24) is 5.32 Å². The predicted octanol–water partition coefficient (Wildman–Crippen LogP) is 0.878. The molecule has 1 aliphatic heterocycles. The molecule has 3 N–H and O–H groups in total. The smallest absolute Gasteiger partial charge is 0.0685 e. The van der Waals surface area contributed by atoms with Crippen LogP contribution in [0.25, 0.3) is 0 Å². The van der Waals surface area contributed by atoms with Crippen molar-refractivity contribution < 1.29 is 10.2 Å². The lowest BCUT2D eigenvalue weighted by Crippen LogP contribution is -2.28. The molecule has 0 amide bonds. The fraction of sp³-hybridized carbons (Fsp3) is 0.500. The van der Waals surface area contributed by atoms with Gasteiger partial charge in [0.2, 0.25) is 0 Å². The zero-order chi connectivity index (χ0) is 10.8. The molecule has 1 aromatic carbocycles. The summed E-state index contributed by atoms with van der Waals surface area (Å²) in [4.78, 5) is 0. The van der Waals surface area contributed by atoms with Gasteiger partial charge in [-0.15, -0.1) is 0 Å². The van der Waals surface area contributed by atoms with Crippen LogP contribution in [0.5, 0.6) is 0 Å². The molecule has 3 heteroatoms. The Balaban J connectivity index is 2.48. The van der Waals surface area contributed by atoms with E-state index in [0.29, 0.717) is 6.04 Å². The van der Waals surface area contributed by atoms with Crippen molar-refractivity contribution in [3.05, 3.63) is 34.4 Å². The molecule has 0 aromatic heterocycles. The van der Waals surface area contributed by atoms with Crippen LogP contribution >= 0.6 is 0 Å². The van der Waals surface area contributed by atoms with E-state index in [-0.39, 0.29) is 13.2 Å². The summed E-state index contributed by atoms with van der Waals surface area (Å²) >= 11 is 0. The Bertz CT molecular complexity index is 363. The number of aliphatic hydroxyl groups is 2. The summed E-state index contributed by atoms with van der Waals surface area (Å²) in [6.07, 6.45) is 0.998. The lowest BCUT2D eigenvalue weighted by molar-refractivity contribution is 0.259. The van der Waals surface area contributed by atoms with Gasteiger partial charge in [0.05, 0.1) is 13.2 Å². The molecule has 82 valence electrons. The Hall–Kier alpha value is -0.900. The van der Waals surface area contributed by atoms with Crippen LogP contribution < -0.4 is 5.32 Å². The van der Waals surface area contributed by atoms with Gasteiger partial charge in [0.15, 0.2) is 0 Å². The maximum absolute atomic E-state index is 9.21. The van der Waals surface area contributed by atoms with E-state index < -0.39 is 0 Å². The first-order valence-corrected chi connectivity index (χ1v) is 5.36. The van der Waals surface area contributed by atoms with Crippen molar-refractivity contribution in [2.75, 3.05) is 6.54 Å². The average Bonchev–Trinajstić information content (AvgIpc) is 2.28. The van der Waals surface area contributed by atoms with Gasteiger partial charge in [-0.1, -0.05) is 12.1 Å². The molecule has 0 spiro atoms. The Morgan fingerprint density at radius 1 is 1.27 bits per heavy atom. The maximum atomic E-state index is 9.21. The number of fused-ring (bicyclic) bond motifs is 1. The summed E-state index contributed by atoms with van der Waals surface area (Å²) in [6, 6.07) is 4.38. The molecule has 0 radical (unpaired) electrons. The molecule has 2 rings (SSSR count). The molecular formula is C12H17NO2. The quantitative estimate of drug-likeness (QED) is 0.674. The van der Waals surface area contributed by atoms with Crippen molar-refractivity contribution in [3.63, 3.8) is 0 Å². The Morgan fingerprint density at radius 3 is 2.60 bits per heavy atom. The number of aliphatic hydroxyl groups excluding tert-OH is 2. The van der Waals surface area contributed by atoms with Gasteiger partial charge in [0.1, 0.15) is 0 Å². The second-order valence-electron chi connectivity index (χ2n) is 4.06. The minimum Gasteiger partial charge on any atom is -0.392 e. The second-order valence-corrected chi connectivity index (χ2v) is 4.06. The van der Waals surface area contributed by atoms with Gasteiger partial charge in [0, 0.05) is 6.04 Å². The van der Waals surface area contributed by atoms with E-state index in [1.165, 1.54) is 11.1 Å². The lowest BCUT2D eigenvalue weighted by atomic mass is 9.91. The van der Waals surface area contributed by atoms with E-state index in [2.05, 4.69) is 12.2 Å². The highest BCUT2D eigenvalue weighted by Crippen LogP contribution is 2.26. The molecule has 0 saturated heterocycles. The molecular weight excluding hydrogens is 190 g/mol. The first kappa shape index (κ1) is 10.6. The fourth-order valence-electron chi connectivity index (χ4n) is 2.21. The minimum absolute atomic E-state index is 0.00407. The molecule has 0 aliphatic carbocycles. The molecule has 0 unspecified atom stereocenters. The third kappa shape index (κ3) is 1.91. The van der Waals surface area contributed by atoms with Crippen molar-refractivity contribution in [2.45, 2.75) is 32.6 Å². The Morgan fingerprint density at radius 2 is 1.93 bits per heavy atom. The molecule has 15 heavy (non-hydrogen) atoms. The second kappa shape index (κ2) is 4.31. The molecule has 1 aliphatic rings. The molecule has 0 bridgehead atoms. The third-order valence-corrected chi connectivity index (χ3v) is 3.11. The number of hydrogen-bond acceptors (Lipinski definition) is 3. The van der Waals surface area contributed by atoms with Crippen molar-refractivity contribution >= 4 is 0 Å². The van der Waals surface area contributed by atoms with Crippen LogP contribution in [-0.4, -0.2) is 16.8 Å². The van der Waals surface area contributed by atoms with Gasteiger partial charge in [-0.2, -0.15) is 0 Å². The zero-order valence-electron chi connectivity index (χ0n) is 8.95. The van der Waals surface area contributed by atoms with Crippen LogP contribution in [-0.2, 0) is 19.6 Å². The summed E-state index contributed by atoms with van der Waals surface area (Å²) in [7, 11) is 0. The first-order chi connectivity index (χ1) is 7.26. The van der Waals surface area contributed by atoms with Crippen molar-refractivity contribution in [2.24, 2.45) is 0 Å². The summed E-state index contributed by atoms with van der Waals surface area (Å²) in [5.74, 6) is 0. The van der Waals surface area contributed by atoms with E-state index >= 15 is 0 Å². The minimum atomic E-state index is -0.00407. The van der Waals surface area contributed by atoms with Crippen LogP contribution in [0.4, 0.5) is 0 Å². The van der Waals surface area contributed by atoms with E-state index in [0.717, 1.165) is 24.1 Å². The van der Waals surface area contributed by atoms with Crippen molar-refractivity contribution in [1.29, 1.82) is 0 Å². The van der Waals surface area contributed by atoms with Gasteiger partial charge in [0.25, 0.3) is 0 Å². The van der Waals surface area contributed by atoms with E-state index in [4.69, 9.17) is 0 Å². The van der Waals surface area contributed by atoms with Gasteiger partial charge in [-0.05, 0) is 42.1 Å². The molecule has 1 atom stereocenters. The van der Waals surface area contributed by atoms with Crippen LogP contribution in [0, 0.1) is 0 Å². The van der Waals surface area contributed by atoms with E-state index in [9.17, 15) is 10.2 Å². The molecule has 1 heterocycles. The van der Waals surface area contributed by atoms with E-state index in [1.807, 2.05) is 12.1 Å². The summed E-state index contributed by atoms with van der Waals surface area (Å²) < 4.78 is 0. The topological polar surface area (TPSA) is 52.5 Å². The number of nitrogens with one attached hydrogen (secondary N) is 1. The van der Waals surface area contributed by atoms with Crippen LogP contribution in [0.2, 0.25) is 0 Å². The van der Waals surface area contributed by atoms with Gasteiger partial charge < -0.3 is 15.5 Å². The lowest BCUT2D eigenvalue weighted by Gasteiger charge is -2.25. The zero-order valence-corrected chi connectivity index (χ0v) is 8.95. The van der Waals surface area contributed by atoms with Crippen LogP contribution in [0.15, 0.2) is 12.1 Å². The maximum Gasteiger partial charge on any atom is 0.0685 e. The normalized spacial score (nSPS) is 20.1. The third-order valence-electron chi connectivity index (χ3n) is 3.11. The van der Waals surface area contributed by atoms with Gasteiger partial charge in [-0.25, -0.2) is 0 Å². The SMILES string of the molecule is C[C@@H]1NCCc2cc(CO)c(CO)cc21. The van der Waals surface area contributed by atoms with Crippen molar-refractivity contribution in [3.8, 4) is 0 Å². The molecule has 0 fully saturated rings. The number of hydrogen-bond donors (Lipinski definition) is 3. The molecule has 3 nitrogen and oxygen atoms in total. The number of benzene rings is 1. The standard InChI is InChI=1S/C12H17NO2/c1-8-12-5-11(7-15)10(6-14)4-9(12)2-3-13-8/h4-5,8,13-15H,2-3,6-7H2,1H3/t8-/m0/s1. The average molecular weight is 207 g/mol. The van der Waals surface area contributed by atoms with Gasteiger partial charge >= 0.3 is 0 Å². The first-order valence-electron chi connectivity index (χ1n) is 5.36. The van der Waals surface area contributed by atoms with Crippen LogP contribution in [0.1, 0.15) is 35.2 Å². The highest BCUT2D eigenvalue weighted by Gasteiger charge is 2.17. The van der Waals surface area contributed by atoms with Crippen LogP contribution in [0.3, 0.4) is 0 Å². The predicted molar refractivity (Wildman–Crippen MR) is 58.4 cm³/mol. The molecule has 1 aromatic rings. The summed E-state index contributed by atoms with van der Waals surface area (Å²) in [6.45, 7) is 3.11. The Labute approximate surface area is 89.8 Å². The highest BCUT2D eigenvalue weighted by atomic mass is 16.3. The summed E-state index contributed by atoms with van der Waals surface area (Å²) in [5.41, 5.74) is 4.24. The largest absolute Gasteiger partial charge is 0.392 e. The summed E-state index contributed by atoms with van der Waals surface area (Å²) in [5, 5.41) is 21.8. The fourth-order valence-corrected chi connectivity index (χ4v) is 2.21. The van der Waals surface area contributed by atoms with E-state index in [1.54, 1.807) is 0 Å². The monoisotopic (exact) mass is 207 g/mol. The molecule has 0 saturated carbocycles. The van der Waals surface area contributed by atoms with Gasteiger partial charge in [-0.3, -0.25) is 0 Å².